The average Bonchev–Trinajstić information content (AvgIpc) is 2.80. The molecule has 5 nitrogen and oxygen atoms in total. The number of carbonyl (C=O) groups is 1. The number of H-pyrrole nitrogens is 1. The van der Waals surface area contributed by atoms with Crippen LogP contribution in [0.4, 0.5) is 0 Å². The van der Waals surface area contributed by atoms with Gasteiger partial charge in [-0.25, -0.2) is 9.78 Å². The molecule has 0 amide bonds. The van der Waals surface area contributed by atoms with Gasteiger partial charge in [0.25, 0.3) is 0 Å². The van der Waals surface area contributed by atoms with E-state index in [2.05, 4.69) is 15.2 Å². The van der Waals surface area contributed by atoms with Gasteiger partial charge >= 0.3 is 5.97 Å². The van der Waals surface area contributed by atoms with E-state index in [9.17, 15) is 4.79 Å². The summed E-state index contributed by atoms with van der Waals surface area (Å²) in [7, 11) is 0. The maximum Gasteiger partial charge on any atom is 0.335 e. The highest BCUT2D eigenvalue weighted by molar-refractivity contribution is 5.90. The molecule has 5 heteroatoms. The van der Waals surface area contributed by atoms with Gasteiger partial charge in [0.05, 0.1) is 5.56 Å². The molecule has 2 aromatic heterocycles. The van der Waals surface area contributed by atoms with Gasteiger partial charge in [0.15, 0.2) is 5.65 Å². The zero-order valence-electron chi connectivity index (χ0n) is 10.2. The zero-order valence-corrected chi connectivity index (χ0v) is 10.2. The molecule has 0 aliphatic rings. The zero-order chi connectivity index (χ0) is 13.4. The lowest BCUT2D eigenvalue weighted by molar-refractivity contribution is 0.0697. The van der Waals surface area contributed by atoms with Crippen molar-refractivity contribution >= 4 is 17.0 Å². The first-order valence-electron chi connectivity index (χ1n) is 5.79. The quantitative estimate of drug-likeness (QED) is 0.735. The topological polar surface area (TPSA) is 78.9 Å². The lowest BCUT2D eigenvalue weighted by Crippen LogP contribution is -1.95. The fourth-order valence-electron chi connectivity index (χ4n) is 2.01. The Kier molecular flexibility index (Phi) is 2.52. The monoisotopic (exact) mass is 253 g/mol. The number of aromatic nitrogens is 3. The van der Waals surface area contributed by atoms with Crippen molar-refractivity contribution in [2.24, 2.45) is 0 Å². The summed E-state index contributed by atoms with van der Waals surface area (Å²) in [6.45, 7) is 1.93. The number of rotatable bonds is 2. The van der Waals surface area contributed by atoms with Crippen molar-refractivity contribution < 1.29 is 9.90 Å². The van der Waals surface area contributed by atoms with Gasteiger partial charge in [0, 0.05) is 22.8 Å². The van der Waals surface area contributed by atoms with Crippen LogP contribution < -0.4 is 0 Å². The maximum atomic E-state index is 11.0. The van der Waals surface area contributed by atoms with Gasteiger partial charge in [-0.2, -0.15) is 5.10 Å². The molecule has 0 unspecified atom stereocenters. The first-order chi connectivity index (χ1) is 9.15. The molecule has 19 heavy (non-hydrogen) atoms. The summed E-state index contributed by atoms with van der Waals surface area (Å²) in [5.41, 5.74) is 3.57. The molecule has 0 saturated carbocycles. The maximum absolute atomic E-state index is 11.0. The van der Waals surface area contributed by atoms with E-state index in [1.54, 1.807) is 24.4 Å². The number of benzene rings is 1. The van der Waals surface area contributed by atoms with Crippen LogP contribution in [0.5, 0.6) is 0 Å². The van der Waals surface area contributed by atoms with Crippen molar-refractivity contribution in [3.63, 3.8) is 0 Å². The second-order valence-electron chi connectivity index (χ2n) is 4.33. The van der Waals surface area contributed by atoms with E-state index >= 15 is 0 Å². The summed E-state index contributed by atoms with van der Waals surface area (Å²) >= 11 is 0. The number of aromatic carboxylic acids is 1. The highest BCUT2D eigenvalue weighted by atomic mass is 16.4. The molecule has 1 aromatic carbocycles. The summed E-state index contributed by atoms with van der Waals surface area (Å²) in [5, 5.41) is 16.9. The van der Waals surface area contributed by atoms with Crippen LogP contribution in [0.1, 0.15) is 16.1 Å². The summed E-state index contributed by atoms with van der Waals surface area (Å²) in [4.78, 5) is 15.2. The molecule has 0 bridgehead atoms. The number of hydrogen-bond donors (Lipinski definition) is 2. The van der Waals surface area contributed by atoms with Crippen LogP contribution in [0, 0.1) is 6.92 Å². The smallest absolute Gasteiger partial charge is 0.335 e. The molecule has 0 fully saturated rings. The minimum atomic E-state index is -0.935. The van der Waals surface area contributed by atoms with Crippen LogP contribution >= 0.6 is 0 Å². The normalized spacial score (nSPS) is 10.8. The fraction of sp³-hybridized carbons (Fsp3) is 0.0714. The second kappa shape index (κ2) is 4.20. The average molecular weight is 253 g/mol. The Labute approximate surface area is 108 Å². The third-order valence-electron chi connectivity index (χ3n) is 3.04. The van der Waals surface area contributed by atoms with Crippen molar-refractivity contribution in [3.8, 4) is 11.1 Å². The summed E-state index contributed by atoms with van der Waals surface area (Å²) in [6, 6.07) is 8.76. The summed E-state index contributed by atoms with van der Waals surface area (Å²) in [5.74, 6) is -0.935. The molecule has 0 saturated heterocycles. The molecule has 3 rings (SSSR count). The number of aromatic amines is 1. The third kappa shape index (κ3) is 1.95. The number of nitrogens with one attached hydrogen (secondary N) is 1. The molecule has 2 N–H and O–H groups in total. The molecule has 3 aromatic rings. The first kappa shape index (κ1) is 11.4. The van der Waals surface area contributed by atoms with Crippen molar-refractivity contribution in [2.75, 3.05) is 0 Å². The van der Waals surface area contributed by atoms with Crippen molar-refractivity contribution in [1.82, 2.24) is 15.2 Å². The predicted molar refractivity (Wildman–Crippen MR) is 71.0 cm³/mol. The number of pyridine rings is 1. The summed E-state index contributed by atoms with van der Waals surface area (Å²) in [6.07, 6.45) is 1.70. The fourth-order valence-corrected chi connectivity index (χ4v) is 2.01. The van der Waals surface area contributed by atoms with Gasteiger partial charge in [0.1, 0.15) is 0 Å². The van der Waals surface area contributed by atoms with E-state index in [-0.39, 0.29) is 5.56 Å². The van der Waals surface area contributed by atoms with Gasteiger partial charge in [-0.3, -0.25) is 5.10 Å². The van der Waals surface area contributed by atoms with Crippen molar-refractivity contribution in [1.29, 1.82) is 0 Å². The molecule has 0 atom stereocenters. The van der Waals surface area contributed by atoms with Crippen molar-refractivity contribution in [2.45, 2.75) is 6.92 Å². The lowest BCUT2D eigenvalue weighted by Gasteiger charge is -2.03. The molecular weight excluding hydrogens is 242 g/mol. The van der Waals surface area contributed by atoms with Gasteiger partial charge in [-0.05, 0) is 30.7 Å². The minimum absolute atomic E-state index is 0.265. The number of carboxylic acids is 1. The Hall–Kier alpha value is -2.69. The van der Waals surface area contributed by atoms with Crippen molar-refractivity contribution in [3.05, 3.63) is 47.8 Å². The number of nitrogens with zero attached hydrogens (tertiary/aromatic N) is 2. The molecular formula is C14H11N3O2. The Morgan fingerprint density at radius 3 is 2.89 bits per heavy atom. The first-order valence-corrected chi connectivity index (χ1v) is 5.79. The van der Waals surface area contributed by atoms with E-state index in [0.717, 1.165) is 22.2 Å². The van der Waals surface area contributed by atoms with Crippen LogP contribution in [0.2, 0.25) is 0 Å². The van der Waals surface area contributed by atoms with E-state index in [1.807, 2.05) is 19.1 Å². The molecule has 2 heterocycles. The molecule has 0 aliphatic carbocycles. The van der Waals surface area contributed by atoms with Gasteiger partial charge in [-0.15, -0.1) is 0 Å². The number of fused-ring (bicyclic) bond motifs is 1. The van der Waals surface area contributed by atoms with E-state index < -0.39 is 5.97 Å². The third-order valence-corrected chi connectivity index (χ3v) is 3.04. The molecule has 94 valence electrons. The SMILES string of the molecule is Cc1[nH]nc2ncc(-c3cccc(C(=O)O)c3)cc12. The van der Waals surface area contributed by atoms with Gasteiger partial charge < -0.3 is 5.11 Å². The van der Waals surface area contributed by atoms with Gasteiger partial charge in [-0.1, -0.05) is 12.1 Å². The molecule has 0 aliphatic heterocycles. The van der Waals surface area contributed by atoms with E-state index in [0.29, 0.717) is 5.65 Å². The lowest BCUT2D eigenvalue weighted by atomic mass is 10.0. The highest BCUT2D eigenvalue weighted by Gasteiger charge is 2.08. The Morgan fingerprint density at radius 2 is 2.11 bits per heavy atom. The van der Waals surface area contributed by atoms with E-state index in [4.69, 9.17) is 5.11 Å². The number of aryl methyl sites for hydroxylation is 1. The van der Waals surface area contributed by atoms with Crippen LogP contribution in [0.15, 0.2) is 36.5 Å². The molecule has 0 spiro atoms. The number of carboxylic acid groups (broad SMARTS) is 1. The Bertz CT molecular complexity index is 777. The van der Waals surface area contributed by atoms with Crippen LogP contribution in [0.25, 0.3) is 22.2 Å². The predicted octanol–water partition coefficient (Wildman–Crippen LogP) is 2.63. The number of hydrogen-bond acceptors (Lipinski definition) is 3. The van der Waals surface area contributed by atoms with E-state index in [1.165, 1.54) is 0 Å². The Balaban J connectivity index is 2.15. The second-order valence-corrected chi connectivity index (χ2v) is 4.33. The minimum Gasteiger partial charge on any atom is -0.478 e. The van der Waals surface area contributed by atoms with Crippen LogP contribution in [-0.2, 0) is 0 Å². The largest absolute Gasteiger partial charge is 0.478 e. The summed E-state index contributed by atoms with van der Waals surface area (Å²) < 4.78 is 0. The van der Waals surface area contributed by atoms with Gasteiger partial charge in [0.2, 0.25) is 0 Å². The van der Waals surface area contributed by atoms with Crippen LogP contribution in [-0.4, -0.2) is 26.3 Å². The molecule has 0 radical (unpaired) electrons. The highest BCUT2D eigenvalue weighted by Crippen LogP contribution is 2.24. The standard InChI is InChI=1S/C14H11N3O2/c1-8-12-6-11(7-15-13(12)17-16-8)9-3-2-4-10(5-9)14(18)19/h2-7H,1H3,(H,18,19)(H,15,16,17). The van der Waals surface area contributed by atoms with Crippen LogP contribution in [0.3, 0.4) is 0 Å². The Morgan fingerprint density at radius 1 is 1.26 bits per heavy atom.